The lowest BCUT2D eigenvalue weighted by Gasteiger charge is -2.43. The van der Waals surface area contributed by atoms with Crippen molar-refractivity contribution in [2.24, 2.45) is 0 Å². The van der Waals surface area contributed by atoms with E-state index in [0.717, 1.165) is 24.8 Å². The lowest BCUT2D eigenvalue weighted by atomic mass is 9.71. The van der Waals surface area contributed by atoms with E-state index in [1.54, 1.807) is 30.3 Å². The van der Waals surface area contributed by atoms with Gasteiger partial charge in [0.05, 0.1) is 5.54 Å². The van der Waals surface area contributed by atoms with Gasteiger partial charge in [-0.15, -0.1) is 0 Å². The smallest absolute Gasteiger partial charge is 0.252 e. The zero-order chi connectivity index (χ0) is 15.9. The van der Waals surface area contributed by atoms with Gasteiger partial charge in [0, 0.05) is 5.56 Å². The summed E-state index contributed by atoms with van der Waals surface area (Å²) in [6.07, 6.45) is 2.75. The van der Waals surface area contributed by atoms with Crippen molar-refractivity contribution in [3.05, 3.63) is 59.4 Å². The van der Waals surface area contributed by atoms with Gasteiger partial charge in [0.2, 0.25) is 6.79 Å². The fraction of sp³-hybridized carbons (Fsp3) is 0.278. The molecule has 0 unspecified atom stereocenters. The molecular formula is C18H16FNO3. The van der Waals surface area contributed by atoms with Crippen LogP contribution in [0.25, 0.3) is 0 Å². The lowest BCUT2D eigenvalue weighted by Crippen LogP contribution is -2.50. The molecule has 1 aliphatic carbocycles. The Balaban J connectivity index is 1.58. The summed E-state index contributed by atoms with van der Waals surface area (Å²) in [5, 5.41) is 3.12. The van der Waals surface area contributed by atoms with Crippen LogP contribution in [0.15, 0.2) is 42.5 Å². The van der Waals surface area contributed by atoms with Crippen LogP contribution in [-0.2, 0) is 5.54 Å². The van der Waals surface area contributed by atoms with Gasteiger partial charge in [-0.25, -0.2) is 4.39 Å². The van der Waals surface area contributed by atoms with Crippen LogP contribution in [0.2, 0.25) is 0 Å². The van der Waals surface area contributed by atoms with Gasteiger partial charge >= 0.3 is 0 Å². The Kier molecular flexibility index (Phi) is 3.22. The fourth-order valence-electron chi connectivity index (χ4n) is 3.11. The first kappa shape index (κ1) is 14.1. The van der Waals surface area contributed by atoms with Crippen LogP contribution in [0.1, 0.15) is 35.2 Å². The number of amides is 1. The number of ether oxygens (including phenoxy) is 2. The molecule has 0 radical (unpaired) electrons. The first-order chi connectivity index (χ1) is 11.2. The Labute approximate surface area is 133 Å². The maximum absolute atomic E-state index is 13.1. The molecule has 1 N–H and O–H groups in total. The number of carbonyl (C=O) groups excluding carboxylic acids is 1. The molecule has 1 saturated carbocycles. The molecule has 4 rings (SSSR count). The Morgan fingerprint density at radius 2 is 1.78 bits per heavy atom. The van der Waals surface area contributed by atoms with E-state index in [9.17, 15) is 9.18 Å². The number of hydrogen-bond donors (Lipinski definition) is 1. The molecule has 4 nitrogen and oxygen atoms in total. The molecule has 0 spiro atoms. The Morgan fingerprint density at radius 1 is 1.04 bits per heavy atom. The summed E-state index contributed by atoms with van der Waals surface area (Å²) in [6, 6.07) is 11.5. The van der Waals surface area contributed by atoms with Gasteiger partial charge in [-0.1, -0.05) is 12.1 Å². The highest BCUT2D eigenvalue weighted by Crippen LogP contribution is 2.41. The number of nitrogens with one attached hydrogen (secondary N) is 1. The van der Waals surface area contributed by atoms with Gasteiger partial charge in [-0.2, -0.15) is 0 Å². The van der Waals surface area contributed by atoms with Crippen molar-refractivity contribution in [3.8, 4) is 11.5 Å². The highest BCUT2D eigenvalue weighted by molar-refractivity contribution is 5.95. The number of fused-ring (bicyclic) bond motifs is 1. The monoisotopic (exact) mass is 313 g/mol. The maximum atomic E-state index is 13.1. The van der Waals surface area contributed by atoms with Gasteiger partial charge < -0.3 is 14.8 Å². The second-order valence-electron chi connectivity index (χ2n) is 5.96. The molecular weight excluding hydrogens is 297 g/mol. The van der Waals surface area contributed by atoms with Crippen LogP contribution < -0.4 is 14.8 Å². The Morgan fingerprint density at radius 3 is 2.48 bits per heavy atom. The lowest BCUT2D eigenvalue weighted by molar-refractivity contribution is 0.0823. The average Bonchev–Trinajstić information content (AvgIpc) is 2.99. The highest BCUT2D eigenvalue weighted by atomic mass is 19.1. The minimum atomic E-state index is -0.402. The van der Waals surface area contributed by atoms with Gasteiger partial charge in [-0.05, 0) is 55.2 Å². The topological polar surface area (TPSA) is 47.6 Å². The van der Waals surface area contributed by atoms with Crippen molar-refractivity contribution >= 4 is 5.91 Å². The van der Waals surface area contributed by atoms with Crippen LogP contribution in [-0.4, -0.2) is 12.7 Å². The number of carbonyl (C=O) groups is 1. The van der Waals surface area contributed by atoms with Gasteiger partial charge in [0.15, 0.2) is 11.5 Å². The Bertz CT molecular complexity index is 753. The van der Waals surface area contributed by atoms with Crippen molar-refractivity contribution in [2.75, 3.05) is 6.79 Å². The summed E-state index contributed by atoms with van der Waals surface area (Å²) < 4.78 is 23.7. The molecule has 23 heavy (non-hydrogen) atoms. The second kappa shape index (κ2) is 5.26. The van der Waals surface area contributed by atoms with E-state index < -0.39 is 5.54 Å². The zero-order valence-electron chi connectivity index (χ0n) is 12.5. The van der Waals surface area contributed by atoms with Gasteiger partial charge in [0.25, 0.3) is 5.91 Å². The van der Waals surface area contributed by atoms with Crippen molar-refractivity contribution < 1.29 is 18.7 Å². The van der Waals surface area contributed by atoms with Crippen molar-refractivity contribution in [2.45, 2.75) is 24.8 Å². The van der Waals surface area contributed by atoms with E-state index >= 15 is 0 Å². The summed E-state index contributed by atoms with van der Waals surface area (Å²) in [6.45, 7) is 0.180. The minimum Gasteiger partial charge on any atom is -0.454 e. The largest absolute Gasteiger partial charge is 0.454 e. The van der Waals surface area contributed by atoms with Crippen LogP contribution in [0.3, 0.4) is 0 Å². The summed E-state index contributed by atoms with van der Waals surface area (Å²) >= 11 is 0. The molecule has 0 aromatic heterocycles. The van der Waals surface area contributed by atoms with Crippen LogP contribution in [0.4, 0.5) is 4.39 Å². The molecule has 2 aliphatic rings. The third-order valence-electron chi connectivity index (χ3n) is 4.59. The third kappa shape index (κ3) is 2.42. The average molecular weight is 313 g/mol. The van der Waals surface area contributed by atoms with E-state index in [2.05, 4.69) is 5.32 Å². The molecule has 1 amide bonds. The van der Waals surface area contributed by atoms with Crippen LogP contribution in [0.5, 0.6) is 11.5 Å². The number of benzene rings is 2. The molecule has 1 heterocycles. The zero-order valence-corrected chi connectivity index (χ0v) is 12.5. The number of halogens is 1. The fourth-order valence-corrected chi connectivity index (χ4v) is 3.11. The van der Waals surface area contributed by atoms with Gasteiger partial charge in [0.1, 0.15) is 5.82 Å². The van der Waals surface area contributed by atoms with Crippen LogP contribution >= 0.6 is 0 Å². The van der Waals surface area contributed by atoms with E-state index in [4.69, 9.17) is 9.47 Å². The normalized spacial score (nSPS) is 17.4. The number of hydrogen-bond acceptors (Lipinski definition) is 3. The van der Waals surface area contributed by atoms with Crippen LogP contribution in [0, 0.1) is 5.82 Å². The quantitative estimate of drug-likeness (QED) is 0.945. The van der Waals surface area contributed by atoms with E-state index in [0.29, 0.717) is 17.1 Å². The molecule has 0 bridgehead atoms. The first-order valence-corrected chi connectivity index (χ1v) is 7.65. The van der Waals surface area contributed by atoms with E-state index in [1.165, 1.54) is 12.1 Å². The molecule has 2 aromatic carbocycles. The summed E-state index contributed by atoms with van der Waals surface area (Å²) in [5.41, 5.74) is 1.07. The maximum Gasteiger partial charge on any atom is 0.252 e. The SMILES string of the molecule is O=C(NC1(c2ccc(F)cc2)CCC1)c1ccc2c(c1)OCO2. The molecule has 5 heteroatoms. The standard InChI is InChI=1S/C18H16FNO3/c19-14-5-3-13(4-6-14)18(8-1-9-18)20-17(21)12-2-7-15-16(10-12)23-11-22-15/h2-7,10H,1,8-9,11H2,(H,20,21). The van der Waals surface area contributed by atoms with Crippen molar-refractivity contribution in [1.82, 2.24) is 5.32 Å². The molecule has 0 atom stereocenters. The number of rotatable bonds is 3. The molecule has 1 aliphatic heterocycles. The van der Waals surface area contributed by atoms with Crippen molar-refractivity contribution in [3.63, 3.8) is 0 Å². The second-order valence-corrected chi connectivity index (χ2v) is 5.96. The van der Waals surface area contributed by atoms with E-state index in [-0.39, 0.29) is 18.5 Å². The predicted molar refractivity (Wildman–Crippen MR) is 82.0 cm³/mol. The first-order valence-electron chi connectivity index (χ1n) is 7.65. The molecule has 118 valence electrons. The Hall–Kier alpha value is -2.56. The molecule has 2 aromatic rings. The molecule has 0 saturated heterocycles. The third-order valence-corrected chi connectivity index (χ3v) is 4.59. The summed E-state index contributed by atoms with van der Waals surface area (Å²) in [5.74, 6) is 0.804. The highest BCUT2D eigenvalue weighted by Gasteiger charge is 2.40. The summed E-state index contributed by atoms with van der Waals surface area (Å²) in [7, 11) is 0. The minimum absolute atomic E-state index is 0.160. The van der Waals surface area contributed by atoms with E-state index in [1.807, 2.05) is 0 Å². The molecule has 1 fully saturated rings. The predicted octanol–water partition coefficient (Wildman–Crippen LogP) is 3.36. The van der Waals surface area contributed by atoms with Crippen molar-refractivity contribution in [1.29, 1.82) is 0 Å². The summed E-state index contributed by atoms with van der Waals surface area (Å²) in [4.78, 5) is 12.6. The van der Waals surface area contributed by atoms with Gasteiger partial charge in [-0.3, -0.25) is 4.79 Å².